The Morgan fingerprint density at radius 2 is 1.72 bits per heavy atom. The lowest BCUT2D eigenvalue weighted by Crippen LogP contribution is -2.46. The fraction of sp³-hybridized carbons (Fsp3) is 0.652. The highest BCUT2D eigenvalue weighted by atomic mass is 32.2. The number of piperidine rings is 1. The third kappa shape index (κ3) is 5.50. The van der Waals surface area contributed by atoms with Crippen molar-refractivity contribution in [2.24, 2.45) is 5.92 Å². The van der Waals surface area contributed by atoms with E-state index < -0.39 is 10.0 Å². The second-order valence-corrected chi connectivity index (χ2v) is 10.6. The minimum atomic E-state index is -3.54. The van der Waals surface area contributed by atoms with Crippen LogP contribution in [0.15, 0.2) is 29.2 Å². The zero-order valence-corrected chi connectivity index (χ0v) is 20.2. The molecule has 0 saturated carbocycles. The van der Waals surface area contributed by atoms with Crippen molar-refractivity contribution in [1.29, 1.82) is 0 Å². The van der Waals surface area contributed by atoms with E-state index in [4.69, 9.17) is 0 Å². The van der Waals surface area contributed by atoms with Gasteiger partial charge in [-0.1, -0.05) is 20.8 Å². The second-order valence-electron chi connectivity index (χ2n) is 8.61. The van der Waals surface area contributed by atoms with E-state index in [0.29, 0.717) is 25.3 Å². The Balaban J connectivity index is 1.59. The molecule has 1 N–H and O–H groups in total. The quantitative estimate of drug-likeness (QED) is 0.604. The maximum Gasteiger partial charge on any atom is 0.243 e. The summed E-state index contributed by atoms with van der Waals surface area (Å²) < 4.78 is 26.7. The summed E-state index contributed by atoms with van der Waals surface area (Å²) in [5, 5.41) is 3.14. The van der Waals surface area contributed by atoms with Crippen LogP contribution >= 0.6 is 0 Å². The molecule has 1 aromatic rings. The first kappa shape index (κ1) is 24.7. The fourth-order valence-electron chi connectivity index (χ4n) is 4.58. The first-order valence-corrected chi connectivity index (χ1v) is 13.2. The van der Waals surface area contributed by atoms with Gasteiger partial charge >= 0.3 is 0 Å². The number of anilines is 1. The number of nitrogens with zero attached hydrogens (tertiary/aromatic N) is 3. The minimum absolute atomic E-state index is 0.0597. The number of hydrogen-bond acceptors (Lipinski definition) is 5. The summed E-state index contributed by atoms with van der Waals surface area (Å²) >= 11 is 0. The SMILES string of the molecule is CCCN1CCC(NC(=O)C2CC(=O)N(c3ccc(S(=O)(=O)N(CC)CC)cc3)C2)CC1. The largest absolute Gasteiger partial charge is 0.353 e. The predicted octanol–water partition coefficient (Wildman–Crippen LogP) is 2.06. The molecule has 0 spiro atoms. The van der Waals surface area contributed by atoms with Crippen LogP contribution in [0.25, 0.3) is 0 Å². The van der Waals surface area contributed by atoms with Gasteiger partial charge in [-0.05, 0) is 50.1 Å². The fourth-order valence-corrected chi connectivity index (χ4v) is 6.04. The number of rotatable bonds is 9. The number of amides is 2. The molecule has 3 rings (SSSR count). The molecule has 2 aliphatic heterocycles. The molecule has 2 saturated heterocycles. The van der Waals surface area contributed by atoms with Gasteiger partial charge in [-0.15, -0.1) is 0 Å². The number of sulfonamides is 1. The molecule has 2 heterocycles. The predicted molar refractivity (Wildman–Crippen MR) is 125 cm³/mol. The number of likely N-dealkylation sites (tertiary alicyclic amines) is 1. The van der Waals surface area contributed by atoms with Crippen molar-refractivity contribution >= 4 is 27.5 Å². The van der Waals surface area contributed by atoms with Gasteiger partial charge in [0.05, 0.1) is 10.8 Å². The van der Waals surface area contributed by atoms with Crippen molar-refractivity contribution < 1.29 is 18.0 Å². The number of hydrogen-bond donors (Lipinski definition) is 1. The molecule has 32 heavy (non-hydrogen) atoms. The maximum atomic E-state index is 12.8. The lowest BCUT2D eigenvalue weighted by molar-refractivity contribution is -0.127. The van der Waals surface area contributed by atoms with Crippen LogP contribution in [0.5, 0.6) is 0 Å². The molecule has 0 aromatic heterocycles. The van der Waals surface area contributed by atoms with E-state index >= 15 is 0 Å². The number of benzene rings is 1. The molecule has 2 fully saturated rings. The van der Waals surface area contributed by atoms with Crippen LogP contribution in [0.1, 0.15) is 46.5 Å². The third-order valence-corrected chi connectivity index (χ3v) is 8.53. The Bertz CT molecular complexity index is 891. The minimum Gasteiger partial charge on any atom is -0.353 e. The van der Waals surface area contributed by atoms with E-state index in [1.165, 1.54) is 16.4 Å². The standard InChI is InChI=1S/C23H36N4O4S/c1-4-13-25-14-11-19(12-15-25)24-23(29)18-16-22(28)27(17-18)20-7-9-21(10-8-20)32(30,31)26(5-2)6-3/h7-10,18-19H,4-6,11-17H2,1-3H3,(H,24,29). The van der Waals surface area contributed by atoms with Gasteiger partial charge in [0.15, 0.2) is 0 Å². The Morgan fingerprint density at radius 1 is 1.09 bits per heavy atom. The summed E-state index contributed by atoms with van der Waals surface area (Å²) in [6.45, 7) is 10.0. The van der Waals surface area contributed by atoms with E-state index in [2.05, 4.69) is 17.1 Å². The van der Waals surface area contributed by atoms with Gasteiger partial charge in [0, 0.05) is 50.9 Å². The highest BCUT2D eigenvalue weighted by Gasteiger charge is 2.36. The highest BCUT2D eigenvalue weighted by molar-refractivity contribution is 7.89. The van der Waals surface area contributed by atoms with E-state index in [1.807, 2.05) is 0 Å². The number of carbonyl (C=O) groups excluding carboxylic acids is 2. The molecular weight excluding hydrogens is 428 g/mol. The second kappa shape index (κ2) is 10.8. The highest BCUT2D eigenvalue weighted by Crippen LogP contribution is 2.27. The molecule has 9 heteroatoms. The van der Waals surface area contributed by atoms with Crippen LogP contribution < -0.4 is 10.2 Å². The summed E-state index contributed by atoms with van der Waals surface area (Å²) in [6, 6.07) is 6.54. The lowest BCUT2D eigenvalue weighted by Gasteiger charge is -2.32. The molecule has 0 aliphatic carbocycles. The molecule has 1 atom stereocenters. The molecule has 8 nitrogen and oxygen atoms in total. The first-order valence-electron chi connectivity index (χ1n) is 11.7. The zero-order valence-electron chi connectivity index (χ0n) is 19.4. The van der Waals surface area contributed by atoms with Crippen molar-refractivity contribution in [3.8, 4) is 0 Å². The smallest absolute Gasteiger partial charge is 0.243 e. The van der Waals surface area contributed by atoms with E-state index in [-0.39, 0.29) is 35.1 Å². The van der Waals surface area contributed by atoms with Crippen LogP contribution in [0.3, 0.4) is 0 Å². The Kier molecular flexibility index (Phi) is 8.30. The summed E-state index contributed by atoms with van der Waals surface area (Å²) in [6.07, 6.45) is 3.20. The molecule has 0 bridgehead atoms. The zero-order chi connectivity index (χ0) is 23.3. The monoisotopic (exact) mass is 464 g/mol. The van der Waals surface area contributed by atoms with Gasteiger partial charge in [0.2, 0.25) is 21.8 Å². The topological polar surface area (TPSA) is 90.0 Å². The normalized spacial score (nSPS) is 20.8. The van der Waals surface area contributed by atoms with Gasteiger partial charge in [-0.3, -0.25) is 9.59 Å². The van der Waals surface area contributed by atoms with Gasteiger partial charge in [0.25, 0.3) is 0 Å². The lowest BCUT2D eigenvalue weighted by atomic mass is 10.0. The van der Waals surface area contributed by atoms with Gasteiger partial charge in [0.1, 0.15) is 0 Å². The molecule has 178 valence electrons. The molecule has 2 aliphatic rings. The third-order valence-electron chi connectivity index (χ3n) is 6.46. The first-order chi connectivity index (χ1) is 15.3. The summed E-state index contributed by atoms with van der Waals surface area (Å²) in [4.78, 5) is 29.6. The Morgan fingerprint density at radius 3 is 2.28 bits per heavy atom. The summed E-state index contributed by atoms with van der Waals surface area (Å²) in [7, 11) is -3.54. The van der Waals surface area contributed by atoms with E-state index in [9.17, 15) is 18.0 Å². The van der Waals surface area contributed by atoms with Gasteiger partial charge in [-0.25, -0.2) is 8.42 Å². The number of nitrogens with one attached hydrogen (secondary N) is 1. The van der Waals surface area contributed by atoms with Gasteiger partial charge in [-0.2, -0.15) is 4.31 Å². The van der Waals surface area contributed by atoms with Crippen molar-refractivity contribution in [2.45, 2.75) is 57.4 Å². The van der Waals surface area contributed by atoms with Crippen molar-refractivity contribution in [1.82, 2.24) is 14.5 Å². The molecule has 0 radical (unpaired) electrons. The molecule has 1 unspecified atom stereocenters. The summed E-state index contributed by atoms with van der Waals surface area (Å²) in [5.41, 5.74) is 0.622. The maximum absolute atomic E-state index is 12.8. The van der Waals surface area contributed by atoms with Crippen LogP contribution in [-0.4, -0.2) is 74.7 Å². The molecule has 2 amide bonds. The average Bonchev–Trinajstić information content (AvgIpc) is 3.18. The van der Waals surface area contributed by atoms with E-state index in [1.54, 1.807) is 30.9 Å². The summed E-state index contributed by atoms with van der Waals surface area (Å²) in [5.74, 6) is -0.548. The van der Waals surface area contributed by atoms with Crippen LogP contribution in [-0.2, 0) is 19.6 Å². The number of carbonyl (C=O) groups is 2. The van der Waals surface area contributed by atoms with E-state index in [0.717, 1.165) is 38.9 Å². The van der Waals surface area contributed by atoms with Crippen LogP contribution in [0, 0.1) is 5.92 Å². The van der Waals surface area contributed by atoms with Gasteiger partial charge < -0.3 is 15.1 Å². The van der Waals surface area contributed by atoms with Crippen molar-refractivity contribution in [3.63, 3.8) is 0 Å². The Labute approximate surface area is 192 Å². The van der Waals surface area contributed by atoms with Crippen molar-refractivity contribution in [3.05, 3.63) is 24.3 Å². The average molecular weight is 465 g/mol. The molecule has 1 aromatic carbocycles. The van der Waals surface area contributed by atoms with Crippen LogP contribution in [0.2, 0.25) is 0 Å². The Hall–Kier alpha value is -1.97. The van der Waals surface area contributed by atoms with Crippen molar-refractivity contribution in [2.75, 3.05) is 44.2 Å². The molecular formula is C23H36N4O4S. The van der Waals surface area contributed by atoms with Crippen LogP contribution in [0.4, 0.5) is 5.69 Å².